The molecule has 0 bridgehead atoms. The molecule has 0 aliphatic carbocycles. The Labute approximate surface area is 154 Å². The Morgan fingerprint density at radius 3 is 2.59 bits per heavy atom. The lowest BCUT2D eigenvalue weighted by atomic mass is 9.94. The second-order valence-electron chi connectivity index (χ2n) is 6.02. The quantitative estimate of drug-likeness (QED) is 0.793. The van der Waals surface area contributed by atoms with E-state index in [9.17, 15) is 19.2 Å². The smallest absolute Gasteiger partial charge is 0.344 e. The van der Waals surface area contributed by atoms with Gasteiger partial charge < -0.3 is 19.4 Å². The first-order chi connectivity index (χ1) is 13.0. The molecule has 2 aromatic rings. The Hall–Kier alpha value is -3.42. The van der Waals surface area contributed by atoms with Crippen molar-refractivity contribution in [2.24, 2.45) is 0 Å². The van der Waals surface area contributed by atoms with Crippen LogP contribution in [0.4, 0.5) is 0 Å². The maximum absolute atomic E-state index is 12.6. The van der Waals surface area contributed by atoms with E-state index in [0.717, 1.165) is 11.1 Å². The first-order valence-electron chi connectivity index (χ1n) is 8.30. The molecule has 2 heterocycles. The van der Waals surface area contributed by atoms with Gasteiger partial charge in [0.25, 0.3) is 11.5 Å². The summed E-state index contributed by atoms with van der Waals surface area (Å²) in [4.78, 5) is 52.1. The molecule has 1 aromatic carbocycles. The molecule has 1 aliphatic heterocycles. The Bertz CT molecular complexity index is 936. The standard InChI is InChI=1S/C19H18N2O6/c1-26-19(25)15-9-12-5-2-3-6-13(12)10-21(15)16(22)11-27-18(24)14-7-4-8-20-17(14)23/h2-8,15H,9-11H2,1H3,(H,20,23)/t15-/m0/s1. The number of hydrogen-bond acceptors (Lipinski definition) is 6. The summed E-state index contributed by atoms with van der Waals surface area (Å²) in [5.41, 5.74) is 1.08. The number of fused-ring (bicyclic) bond motifs is 1. The van der Waals surface area contributed by atoms with Gasteiger partial charge in [0.2, 0.25) is 0 Å². The van der Waals surface area contributed by atoms with E-state index in [-0.39, 0.29) is 12.1 Å². The third kappa shape index (κ3) is 3.89. The molecule has 27 heavy (non-hydrogen) atoms. The van der Waals surface area contributed by atoms with Crippen LogP contribution in [0.2, 0.25) is 0 Å². The number of aromatic amines is 1. The normalized spacial score (nSPS) is 15.6. The maximum Gasteiger partial charge on any atom is 0.344 e. The fraction of sp³-hybridized carbons (Fsp3) is 0.263. The molecule has 1 N–H and O–H groups in total. The van der Waals surface area contributed by atoms with Crippen LogP contribution in [0, 0.1) is 0 Å². The van der Waals surface area contributed by atoms with Crippen molar-refractivity contribution in [3.8, 4) is 0 Å². The molecule has 140 valence electrons. The highest BCUT2D eigenvalue weighted by atomic mass is 16.5. The number of pyridine rings is 1. The molecular weight excluding hydrogens is 352 g/mol. The molecule has 8 heteroatoms. The topological polar surface area (TPSA) is 106 Å². The number of aromatic nitrogens is 1. The first kappa shape index (κ1) is 18.4. The van der Waals surface area contributed by atoms with E-state index in [1.165, 1.54) is 30.3 Å². The third-order valence-electron chi connectivity index (χ3n) is 4.41. The summed E-state index contributed by atoms with van der Waals surface area (Å²) >= 11 is 0. The van der Waals surface area contributed by atoms with Crippen molar-refractivity contribution in [3.63, 3.8) is 0 Å². The molecule has 8 nitrogen and oxygen atoms in total. The molecule has 0 saturated carbocycles. The summed E-state index contributed by atoms with van der Waals surface area (Å²) in [6.45, 7) is -0.374. The number of nitrogens with one attached hydrogen (secondary N) is 1. The maximum atomic E-state index is 12.6. The van der Waals surface area contributed by atoms with Gasteiger partial charge >= 0.3 is 11.9 Å². The Morgan fingerprint density at radius 2 is 1.89 bits per heavy atom. The summed E-state index contributed by atoms with van der Waals surface area (Å²) < 4.78 is 9.78. The minimum Gasteiger partial charge on any atom is -0.467 e. The number of amides is 1. The van der Waals surface area contributed by atoms with Crippen molar-refractivity contribution in [2.75, 3.05) is 13.7 Å². The van der Waals surface area contributed by atoms with Gasteiger partial charge in [-0.25, -0.2) is 9.59 Å². The Morgan fingerprint density at radius 1 is 1.15 bits per heavy atom. The van der Waals surface area contributed by atoms with E-state index >= 15 is 0 Å². The van der Waals surface area contributed by atoms with Crippen LogP contribution >= 0.6 is 0 Å². The summed E-state index contributed by atoms with van der Waals surface area (Å²) in [6.07, 6.45) is 1.71. The zero-order valence-electron chi connectivity index (χ0n) is 14.6. The minimum absolute atomic E-state index is 0.196. The fourth-order valence-electron chi connectivity index (χ4n) is 3.00. The van der Waals surface area contributed by atoms with Gasteiger partial charge in [-0.3, -0.25) is 9.59 Å². The first-order valence-corrected chi connectivity index (χ1v) is 8.30. The zero-order valence-corrected chi connectivity index (χ0v) is 14.6. The summed E-state index contributed by atoms with van der Waals surface area (Å²) in [7, 11) is 1.26. The van der Waals surface area contributed by atoms with Crippen molar-refractivity contribution in [1.29, 1.82) is 0 Å². The van der Waals surface area contributed by atoms with Gasteiger partial charge in [0.05, 0.1) is 7.11 Å². The Balaban J connectivity index is 1.74. The number of methoxy groups -OCH3 is 1. The second kappa shape index (κ2) is 7.86. The number of carbonyl (C=O) groups is 3. The highest BCUT2D eigenvalue weighted by Gasteiger charge is 2.35. The van der Waals surface area contributed by atoms with Crippen LogP contribution in [0.3, 0.4) is 0 Å². The van der Waals surface area contributed by atoms with Crippen molar-refractivity contribution in [2.45, 2.75) is 19.0 Å². The van der Waals surface area contributed by atoms with Crippen LogP contribution in [0.25, 0.3) is 0 Å². The summed E-state index contributed by atoms with van der Waals surface area (Å²) in [5, 5.41) is 0. The fourth-order valence-corrected chi connectivity index (χ4v) is 3.00. The van der Waals surface area contributed by atoms with Crippen LogP contribution < -0.4 is 5.56 Å². The molecule has 0 unspecified atom stereocenters. The molecule has 1 aromatic heterocycles. The van der Waals surface area contributed by atoms with E-state index in [4.69, 9.17) is 9.47 Å². The van der Waals surface area contributed by atoms with Crippen molar-refractivity contribution >= 4 is 17.8 Å². The van der Waals surface area contributed by atoms with Gasteiger partial charge in [-0.05, 0) is 23.3 Å². The summed E-state index contributed by atoms with van der Waals surface area (Å²) in [6, 6.07) is 9.48. The molecule has 1 atom stereocenters. The molecule has 1 aliphatic rings. The van der Waals surface area contributed by atoms with Crippen LogP contribution in [0.15, 0.2) is 47.4 Å². The Kier molecular flexibility index (Phi) is 5.35. The van der Waals surface area contributed by atoms with Gasteiger partial charge in [0, 0.05) is 19.2 Å². The molecule has 1 amide bonds. The highest BCUT2D eigenvalue weighted by Crippen LogP contribution is 2.24. The summed E-state index contributed by atoms with van der Waals surface area (Å²) in [5.74, 6) is -1.98. The van der Waals surface area contributed by atoms with E-state index in [1.807, 2.05) is 24.3 Å². The monoisotopic (exact) mass is 370 g/mol. The number of nitrogens with zero attached hydrogens (tertiary/aromatic N) is 1. The van der Waals surface area contributed by atoms with Crippen molar-refractivity contribution in [3.05, 3.63) is 69.6 Å². The van der Waals surface area contributed by atoms with Gasteiger partial charge in [-0.15, -0.1) is 0 Å². The highest BCUT2D eigenvalue weighted by molar-refractivity contribution is 5.92. The van der Waals surface area contributed by atoms with Gasteiger partial charge in [0.1, 0.15) is 11.6 Å². The lowest BCUT2D eigenvalue weighted by Crippen LogP contribution is -2.50. The minimum atomic E-state index is -0.905. The zero-order chi connectivity index (χ0) is 19.4. The van der Waals surface area contributed by atoms with Crippen molar-refractivity contribution in [1.82, 2.24) is 9.88 Å². The molecule has 0 radical (unpaired) electrons. The SMILES string of the molecule is COC(=O)[C@@H]1Cc2ccccc2CN1C(=O)COC(=O)c1ccc[nH]c1=O. The third-order valence-corrected chi connectivity index (χ3v) is 4.41. The molecular formula is C19H18N2O6. The number of benzene rings is 1. The van der Waals surface area contributed by atoms with Gasteiger partial charge in [-0.1, -0.05) is 24.3 Å². The number of H-pyrrole nitrogens is 1. The predicted octanol–water partition coefficient (Wildman–Crippen LogP) is 0.658. The number of ether oxygens (including phenoxy) is 2. The largest absolute Gasteiger partial charge is 0.467 e. The van der Waals surface area contributed by atoms with Gasteiger partial charge in [-0.2, -0.15) is 0 Å². The average molecular weight is 370 g/mol. The molecule has 0 saturated heterocycles. The number of hydrogen-bond donors (Lipinski definition) is 1. The van der Waals surface area contributed by atoms with E-state index in [0.29, 0.717) is 6.42 Å². The number of carbonyl (C=O) groups excluding carboxylic acids is 3. The van der Waals surface area contributed by atoms with Crippen LogP contribution in [0.1, 0.15) is 21.5 Å². The molecule has 0 spiro atoms. The van der Waals surface area contributed by atoms with E-state index < -0.39 is 36.1 Å². The van der Waals surface area contributed by atoms with Crippen LogP contribution in [0.5, 0.6) is 0 Å². The number of esters is 2. The second-order valence-corrected chi connectivity index (χ2v) is 6.02. The van der Waals surface area contributed by atoms with Crippen LogP contribution in [-0.2, 0) is 32.0 Å². The predicted molar refractivity (Wildman–Crippen MR) is 93.8 cm³/mol. The van der Waals surface area contributed by atoms with Crippen molar-refractivity contribution < 1.29 is 23.9 Å². The van der Waals surface area contributed by atoms with E-state index in [1.54, 1.807) is 0 Å². The lowest BCUT2D eigenvalue weighted by molar-refractivity contribution is -0.155. The number of rotatable bonds is 4. The van der Waals surface area contributed by atoms with Gasteiger partial charge in [0.15, 0.2) is 6.61 Å². The molecule has 0 fully saturated rings. The van der Waals surface area contributed by atoms with Crippen LogP contribution in [-0.4, -0.2) is 47.5 Å². The van der Waals surface area contributed by atoms with E-state index in [2.05, 4.69) is 4.98 Å². The lowest BCUT2D eigenvalue weighted by Gasteiger charge is -2.35. The molecule has 3 rings (SSSR count). The average Bonchev–Trinajstić information content (AvgIpc) is 2.70.